The van der Waals surface area contributed by atoms with Crippen molar-refractivity contribution < 1.29 is 9.72 Å². The molecule has 7 nitrogen and oxygen atoms in total. The zero-order valence-electron chi connectivity index (χ0n) is 15.3. The van der Waals surface area contributed by atoms with Crippen LogP contribution in [0, 0.1) is 10.1 Å². The lowest BCUT2D eigenvalue weighted by Gasteiger charge is -2.09. The van der Waals surface area contributed by atoms with E-state index in [4.69, 9.17) is 0 Å². The normalized spacial score (nSPS) is 14.1. The summed E-state index contributed by atoms with van der Waals surface area (Å²) in [6.45, 7) is 1.74. The molecule has 1 aliphatic carbocycles. The Labute approximate surface area is 161 Å². The molecule has 1 fully saturated rings. The molecule has 1 aromatic heterocycles. The predicted molar refractivity (Wildman–Crippen MR) is 106 cm³/mol. The molecule has 0 bridgehead atoms. The molecule has 4 rings (SSSR count). The summed E-state index contributed by atoms with van der Waals surface area (Å²) in [5.41, 5.74) is 6.16. The molecular weight excluding hydrogens is 356 g/mol. The highest BCUT2D eigenvalue weighted by Crippen LogP contribution is 2.40. The van der Waals surface area contributed by atoms with Crippen LogP contribution in [-0.4, -0.2) is 21.5 Å². The summed E-state index contributed by atoms with van der Waals surface area (Å²) >= 11 is 0. The first-order valence-corrected chi connectivity index (χ1v) is 9.02. The lowest BCUT2D eigenvalue weighted by Crippen LogP contribution is -2.20. The summed E-state index contributed by atoms with van der Waals surface area (Å²) < 4.78 is 0. The fourth-order valence-corrected chi connectivity index (χ4v) is 3.06. The fraction of sp³-hybridized carbons (Fsp3) is 0.190. The maximum Gasteiger partial charge on any atom is 0.272 e. The standard InChI is InChI=1S/C21H18N4O3/c1-13(14-8-10-16(11-9-14)25(27)28)23-24-21(26)18-12-20(15-6-7-15)22-19-5-3-2-4-17(18)19/h2-5,8-12,15H,6-7H2,1H3,(H,24,26). The summed E-state index contributed by atoms with van der Waals surface area (Å²) in [7, 11) is 0. The number of amides is 1. The molecule has 0 saturated heterocycles. The number of benzene rings is 2. The van der Waals surface area contributed by atoms with Crippen molar-refractivity contribution in [2.24, 2.45) is 5.10 Å². The van der Waals surface area contributed by atoms with Crippen molar-refractivity contribution in [2.45, 2.75) is 25.7 Å². The van der Waals surface area contributed by atoms with Gasteiger partial charge in [0, 0.05) is 29.1 Å². The second kappa shape index (κ2) is 7.19. The van der Waals surface area contributed by atoms with Crippen molar-refractivity contribution in [3.63, 3.8) is 0 Å². The van der Waals surface area contributed by atoms with Gasteiger partial charge in [-0.2, -0.15) is 5.10 Å². The summed E-state index contributed by atoms with van der Waals surface area (Å²) in [6.07, 6.45) is 2.20. The van der Waals surface area contributed by atoms with E-state index in [1.165, 1.54) is 12.1 Å². The Morgan fingerprint density at radius 2 is 1.89 bits per heavy atom. The molecule has 0 spiro atoms. The number of aromatic nitrogens is 1. The van der Waals surface area contributed by atoms with Crippen molar-refractivity contribution in [3.8, 4) is 0 Å². The van der Waals surface area contributed by atoms with E-state index in [0.29, 0.717) is 22.8 Å². The van der Waals surface area contributed by atoms with Crippen LogP contribution in [0.15, 0.2) is 59.7 Å². The molecule has 0 atom stereocenters. The van der Waals surface area contributed by atoms with Gasteiger partial charge >= 0.3 is 0 Å². The molecule has 1 saturated carbocycles. The van der Waals surface area contributed by atoms with Crippen molar-refractivity contribution in [1.29, 1.82) is 0 Å². The van der Waals surface area contributed by atoms with Crippen LogP contribution < -0.4 is 5.43 Å². The first-order chi connectivity index (χ1) is 13.5. The minimum atomic E-state index is -0.454. The van der Waals surface area contributed by atoms with Gasteiger partial charge in [-0.05, 0) is 49.6 Å². The number of nitrogens with one attached hydrogen (secondary N) is 1. The number of rotatable bonds is 5. The number of non-ortho nitro benzene ring substituents is 1. The molecule has 1 aliphatic rings. The zero-order valence-corrected chi connectivity index (χ0v) is 15.3. The van der Waals surface area contributed by atoms with Crippen LogP contribution in [0.4, 0.5) is 5.69 Å². The van der Waals surface area contributed by atoms with Gasteiger partial charge in [0.05, 0.1) is 21.7 Å². The molecule has 2 aromatic carbocycles. The average molecular weight is 374 g/mol. The van der Waals surface area contributed by atoms with E-state index < -0.39 is 4.92 Å². The fourth-order valence-electron chi connectivity index (χ4n) is 3.06. The van der Waals surface area contributed by atoms with Crippen molar-refractivity contribution in [1.82, 2.24) is 10.4 Å². The highest BCUT2D eigenvalue weighted by Gasteiger charge is 2.26. The lowest BCUT2D eigenvalue weighted by atomic mass is 10.1. The minimum Gasteiger partial charge on any atom is -0.267 e. The maximum absolute atomic E-state index is 12.8. The number of pyridine rings is 1. The number of nitro groups is 1. The molecule has 3 aromatic rings. The number of hydrogen-bond donors (Lipinski definition) is 1. The monoisotopic (exact) mass is 374 g/mol. The molecular formula is C21H18N4O3. The van der Waals surface area contributed by atoms with Crippen LogP contribution in [0.3, 0.4) is 0 Å². The van der Waals surface area contributed by atoms with Gasteiger partial charge in [-0.25, -0.2) is 5.43 Å². The molecule has 0 unspecified atom stereocenters. The first kappa shape index (κ1) is 17.8. The lowest BCUT2D eigenvalue weighted by molar-refractivity contribution is -0.384. The first-order valence-electron chi connectivity index (χ1n) is 9.02. The Bertz CT molecular complexity index is 1100. The topological polar surface area (TPSA) is 97.5 Å². The third-order valence-corrected chi connectivity index (χ3v) is 4.80. The second-order valence-electron chi connectivity index (χ2n) is 6.83. The molecule has 140 valence electrons. The number of nitrogens with zero attached hydrogens (tertiary/aromatic N) is 3. The van der Waals surface area contributed by atoms with Crippen molar-refractivity contribution >= 4 is 28.2 Å². The third kappa shape index (κ3) is 3.59. The van der Waals surface area contributed by atoms with Gasteiger partial charge in [0.25, 0.3) is 11.6 Å². The highest BCUT2D eigenvalue weighted by molar-refractivity contribution is 6.07. The highest BCUT2D eigenvalue weighted by atomic mass is 16.6. The van der Waals surface area contributed by atoms with Gasteiger partial charge in [0.1, 0.15) is 0 Å². The molecule has 0 aliphatic heterocycles. The van der Waals surface area contributed by atoms with E-state index in [0.717, 1.165) is 29.4 Å². The number of para-hydroxylation sites is 1. The van der Waals surface area contributed by atoms with Crippen LogP contribution in [0.5, 0.6) is 0 Å². The van der Waals surface area contributed by atoms with Crippen LogP contribution in [-0.2, 0) is 0 Å². The molecule has 1 heterocycles. The Morgan fingerprint density at radius 1 is 1.18 bits per heavy atom. The van der Waals surface area contributed by atoms with Gasteiger partial charge in [0.15, 0.2) is 0 Å². The molecule has 1 amide bonds. The van der Waals surface area contributed by atoms with Gasteiger partial charge in [0.2, 0.25) is 0 Å². The van der Waals surface area contributed by atoms with E-state index in [2.05, 4.69) is 15.5 Å². The number of hydrogen-bond acceptors (Lipinski definition) is 5. The van der Waals surface area contributed by atoms with Gasteiger partial charge < -0.3 is 0 Å². The van der Waals surface area contributed by atoms with Crippen molar-refractivity contribution in [3.05, 3.63) is 81.5 Å². The van der Waals surface area contributed by atoms with Gasteiger partial charge in [-0.1, -0.05) is 18.2 Å². The molecule has 0 radical (unpaired) electrons. The van der Waals surface area contributed by atoms with E-state index in [9.17, 15) is 14.9 Å². The number of nitro benzene ring substituents is 1. The minimum absolute atomic E-state index is 0.0106. The number of carbonyl (C=O) groups is 1. The van der Waals surface area contributed by atoms with E-state index in [1.807, 2.05) is 30.3 Å². The molecule has 7 heteroatoms. The second-order valence-corrected chi connectivity index (χ2v) is 6.83. The Hall–Kier alpha value is -3.61. The predicted octanol–water partition coefficient (Wildman–Crippen LogP) is 4.17. The average Bonchev–Trinajstić information content (AvgIpc) is 3.56. The van der Waals surface area contributed by atoms with Gasteiger partial charge in [-0.3, -0.25) is 19.9 Å². The maximum atomic E-state index is 12.8. The smallest absolute Gasteiger partial charge is 0.267 e. The molecule has 28 heavy (non-hydrogen) atoms. The number of hydrazone groups is 1. The van der Waals surface area contributed by atoms with Crippen molar-refractivity contribution in [2.75, 3.05) is 0 Å². The zero-order chi connectivity index (χ0) is 19.7. The number of carbonyl (C=O) groups excluding carboxylic acids is 1. The van der Waals surface area contributed by atoms with E-state index in [-0.39, 0.29) is 11.6 Å². The van der Waals surface area contributed by atoms with Gasteiger partial charge in [-0.15, -0.1) is 0 Å². The number of fused-ring (bicyclic) bond motifs is 1. The summed E-state index contributed by atoms with van der Waals surface area (Å²) in [5, 5.41) is 15.7. The van der Waals surface area contributed by atoms with E-state index >= 15 is 0 Å². The Kier molecular flexibility index (Phi) is 4.57. The largest absolute Gasteiger partial charge is 0.272 e. The summed E-state index contributed by atoms with van der Waals surface area (Å²) in [6, 6.07) is 15.5. The van der Waals surface area contributed by atoms with Crippen LogP contribution in [0.1, 0.15) is 47.3 Å². The summed E-state index contributed by atoms with van der Waals surface area (Å²) in [5.74, 6) is 0.128. The van der Waals surface area contributed by atoms with Crippen LogP contribution in [0.2, 0.25) is 0 Å². The third-order valence-electron chi connectivity index (χ3n) is 4.80. The quantitative estimate of drug-likeness (QED) is 0.412. The van der Waals surface area contributed by atoms with Crippen LogP contribution >= 0.6 is 0 Å². The summed E-state index contributed by atoms with van der Waals surface area (Å²) in [4.78, 5) is 27.8. The Morgan fingerprint density at radius 3 is 2.57 bits per heavy atom. The Balaban J connectivity index is 1.59. The SMILES string of the molecule is CC(=NNC(=O)c1cc(C2CC2)nc2ccccc12)c1ccc([N+](=O)[O-])cc1. The van der Waals surface area contributed by atoms with E-state index in [1.54, 1.807) is 19.1 Å². The molecule has 1 N–H and O–H groups in total. The van der Waals surface area contributed by atoms with Crippen LogP contribution in [0.25, 0.3) is 10.9 Å².